The Balaban J connectivity index is 1.94. The molecule has 0 fully saturated rings. The lowest BCUT2D eigenvalue weighted by Gasteiger charge is -2.46. The molecule has 0 aromatic heterocycles. The number of nitrogens with two attached hydrogens (primary N) is 2. The molecule has 6 heteroatoms. The molecule has 6 N–H and O–H groups in total. The van der Waals surface area contributed by atoms with Crippen LogP contribution in [0.3, 0.4) is 0 Å². The summed E-state index contributed by atoms with van der Waals surface area (Å²) in [6, 6.07) is 3.41. The molecule has 0 spiro atoms. The summed E-state index contributed by atoms with van der Waals surface area (Å²) in [5.74, 6) is 0.261. The molecule has 2 aromatic carbocycles. The molecule has 0 amide bonds. The predicted molar refractivity (Wildman–Crippen MR) is 91.7 cm³/mol. The van der Waals surface area contributed by atoms with Crippen molar-refractivity contribution >= 4 is 22.7 Å². The highest BCUT2D eigenvalue weighted by Gasteiger charge is 2.34. The van der Waals surface area contributed by atoms with Crippen molar-refractivity contribution in [2.75, 3.05) is 27.9 Å². The fourth-order valence-corrected chi connectivity index (χ4v) is 3.93. The number of nitrogens with zero attached hydrogens (tertiary/aromatic N) is 2. The molecular formula is C17H20N4O2. The first-order chi connectivity index (χ1) is 10.9. The van der Waals surface area contributed by atoms with E-state index in [-0.39, 0.29) is 11.5 Å². The number of phenolic OH excluding ortho intramolecular Hbond substituents is 2. The van der Waals surface area contributed by atoms with Crippen molar-refractivity contribution in [1.29, 1.82) is 0 Å². The minimum Gasteiger partial charge on any atom is -0.506 e. The molecule has 0 atom stereocenters. The molecule has 23 heavy (non-hydrogen) atoms. The molecule has 2 aliphatic rings. The second kappa shape index (κ2) is 4.38. The van der Waals surface area contributed by atoms with E-state index in [0.29, 0.717) is 24.5 Å². The number of aryl methyl sites for hydroxylation is 2. The molecule has 0 radical (unpaired) electrons. The van der Waals surface area contributed by atoms with E-state index in [1.807, 2.05) is 13.8 Å². The summed E-state index contributed by atoms with van der Waals surface area (Å²) in [5.41, 5.74) is 19.1. The van der Waals surface area contributed by atoms with Gasteiger partial charge in [-0.05, 0) is 37.1 Å². The standard InChI is InChI=1S/C17H20N4O2/c1-8-3-12(22)14(18)10-5-21-7-20(16(8)10)6-11-15(19)13(23)4-9(2)17(11)21/h3-4,22-23H,5-7,18-19H2,1-2H3. The van der Waals surface area contributed by atoms with Gasteiger partial charge in [0.05, 0.1) is 18.0 Å². The molecule has 6 nitrogen and oxygen atoms in total. The van der Waals surface area contributed by atoms with Gasteiger partial charge in [-0.25, -0.2) is 0 Å². The summed E-state index contributed by atoms with van der Waals surface area (Å²) in [6.07, 6.45) is 0. The lowest BCUT2D eigenvalue weighted by Crippen LogP contribution is -2.47. The van der Waals surface area contributed by atoms with Crippen molar-refractivity contribution in [1.82, 2.24) is 0 Å². The Morgan fingerprint density at radius 1 is 0.826 bits per heavy atom. The van der Waals surface area contributed by atoms with Gasteiger partial charge in [-0.1, -0.05) is 0 Å². The van der Waals surface area contributed by atoms with Crippen molar-refractivity contribution in [2.45, 2.75) is 26.9 Å². The molecule has 0 saturated heterocycles. The zero-order valence-electron chi connectivity index (χ0n) is 13.2. The van der Waals surface area contributed by atoms with Crippen LogP contribution in [-0.2, 0) is 13.1 Å². The van der Waals surface area contributed by atoms with E-state index in [9.17, 15) is 10.2 Å². The fraction of sp³-hybridized carbons (Fsp3) is 0.294. The summed E-state index contributed by atoms with van der Waals surface area (Å²) in [7, 11) is 0. The lowest BCUT2D eigenvalue weighted by atomic mass is 9.94. The highest BCUT2D eigenvalue weighted by atomic mass is 16.3. The normalized spacial score (nSPS) is 15.4. The Kier molecular flexibility index (Phi) is 2.64. The molecule has 0 saturated carbocycles. The average Bonchev–Trinajstić information content (AvgIpc) is 2.49. The quantitative estimate of drug-likeness (QED) is 0.439. The number of nitrogen functional groups attached to an aromatic ring is 2. The Hall–Kier alpha value is -2.76. The number of phenols is 2. The molecule has 0 aliphatic carbocycles. The molecule has 2 bridgehead atoms. The van der Waals surface area contributed by atoms with Gasteiger partial charge in [-0.3, -0.25) is 0 Å². The summed E-state index contributed by atoms with van der Waals surface area (Å²) < 4.78 is 0. The number of benzene rings is 2. The van der Waals surface area contributed by atoms with E-state index in [1.54, 1.807) is 12.1 Å². The van der Waals surface area contributed by atoms with Crippen LogP contribution in [0.25, 0.3) is 0 Å². The van der Waals surface area contributed by atoms with Gasteiger partial charge in [0.2, 0.25) is 0 Å². The molecule has 2 aromatic rings. The van der Waals surface area contributed by atoms with Crippen molar-refractivity contribution in [3.8, 4) is 11.5 Å². The van der Waals surface area contributed by atoms with E-state index in [4.69, 9.17) is 11.5 Å². The Labute approximate surface area is 134 Å². The molecule has 2 aliphatic heterocycles. The Morgan fingerprint density at radius 2 is 1.22 bits per heavy atom. The number of rotatable bonds is 0. The summed E-state index contributed by atoms with van der Waals surface area (Å²) in [4.78, 5) is 4.39. The topological polar surface area (TPSA) is 99.0 Å². The Bertz CT molecular complexity index is 778. The largest absolute Gasteiger partial charge is 0.506 e. The zero-order valence-corrected chi connectivity index (χ0v) is 13.2. The van der Waals surface area contributed by atoms with E-state index in [2.05, 4.69) is 9.80 Å². The number of hydrogen-bond acceptors (Lipinski definition) is 6. The molecule has 4 rings (SSSR count). The number of aromatic hydroxyl groups is 2. The van der Waals surface area contributed by atoms with Crippen LogP contribution in [0.2, 0.25) is 0 Å². The van der Waals surface area contributed by atoms with Gasteiger partial charge in [0.1, 0.15) is 11.5 Å². The van der Waals surface area contributed by atoms with Crippen molar-refractivity contribution < 1.29 is 10.2 Å². The van der Waals surface area contributed by atoms with E-state index in [0.717, 1.165) is 40.3 Å². The SMILES string of the molecule is Cc1cc(O)c(N)c2c1N1Cc3c(N)c(O)cc(C)c3N(C2)C1. The van der Waals surface area contributed by atoms with Crippen molar-refractivity contribution in [3.63, 3.8) is 0 Å². The van der Waals surface area contributed by atoms with E-state index in [1.165, 1.54) is 0 Å². The van der Waals surface area contributed by atoms with Crippen LogP contribution < -0.4 is 21.3 Å². The number of fused-ring (bicyclic) bond motifs is 6. The van der Waals surface area contributed by atoms with Crippen LogP contribution in [0.15, 0.2) is 12.1 Å². The first-order valence-corrected chi connectivity index (χ1v) is 7.60. The number of anilines is 4. The van der Waals surface area contributed by atoms with Gasteiger partial charge < -0.3 is 31.5 Å². The lowest BCUT2D eigenvalue weighted by molar-refractivity contribution is 0.475. The summed E-state index contributed by atoms with van der Waals surface area (Å²) in [5, 5.41) is 20.1. The molecule has 120 valence electrons. The van der Waals surface area contributed by atoms with Gasteiger partial charge >= 0.3 is 0 Å². The monoisotopic (exact) mass is 312 g/mol. The van der Waals surface area contributed by atoms with Gasteiger partial charge in [0.15, 0.2) is 0 Å². The first kappa shape index (κ1) is 13.9. The third-order valence-corrected chi connectivity index (χ3v) is 4.90. The third kappa shape index (κ3) is 1.75. The second-order valence-electron chi connectivity index (χ2n) is 6.44. The van der Waals surface area contributed by atoms with E-state index >= 15 is 0 Å². The summed E-state index contributed by atoms with van der Waals surface area (Å²) >= 11 is 0. The third-order valence-electron chi connectivity index (χ3n) is 4.90. The first-order valence-electron chi connectivity index (χ1n) is 7.60. The zero-order chi connectivity index (χ0) is 16.5. The van der Waals surface area contributed by atoms with Crippen molar-refractivity contribution in [2.24, 2.45) is 0 Å². The van der Waals surface area contributed by atoms with Crippen LogP contribution >= 0.6 is 0 Å². The maximum absolute atomic E-state index is 10.0. The van der Waals surface area contributed by atoms with Crippen LogP contribution in [0, 0.1) is 13.8 Å². The van der Waals surface area contributed by atoms with Gasteiger partial charge in [-0.2, -0.15) is 0 Å². The van der Waals surface area contributed by atoms with Crippen LogP contribution in [0.5, 0.6) is 11.5 Å². The highest BCUT2D eigenvalue weighted by molar-refractivity contribution is 5.82. The maximum atomic E-state index is 10.0. The van der Waals surface area contributed by atoms with Crippen LogP contribution in [0.4, 0.5) is 22.7 Å². The minimum atomic E-state index is 0.130. The van der Waals surface area contributed by atoms with Gasteiger partial charge in [0.25, 0.3) is 0 Å². The average molecular weight is 312 g/mol. The highest BCUT2D eigenvalue weighted by Crippen LogP contribution is 2.47. The number of hydrogen-bond donors (Lipinski definition) is 4. The fourth-order valence-electron chi connectivity index (χ4n) is 3.93. The molecular weight excluding hydrogens is 292 g/mol. The van der Waals surface area contributed by atoms with Crippen LogP contribution in [-0.4, -0.2) is 16.9 Å². The van der Waals surface area contributed by atoms with Gasteiger partial charge in [0, 0.05) is 35.6 Å². The molecule has 0 unspecified atom stereocenters. The summed E-state index contributed by atoms with van der Waals surface area (Å²) in [6.45, 7) is 5.92. The van der Waals surface area contributed by atoms with E-state index < -0.39 is 0 Å². The predicted octanol–water partition coefficient (Wildman–Crippen LogP) is 2.18. The maximum Gasteiger partial charge on any atom is 0.139 e. The van der Waals surface area contributed by atoms with Crippen LogP contribution in [0.1, 0.15) is 22.3 Å². The second-order valence-corrected chi connectivity index (χ2v) is 6.44. The smallest absolute Gasteiger partial charge is 0.139 e. The Morgan fingerprint density at radius 3 is 1.61 bits per heavy atom. The van der Waals surface area contributed by atoms with Crippen molar-refractivity contribution in [3.05, 3.63) is 34.4 Å². The molecule has 2 heterocycles. The van der Waals surface area contributed by atoms with Gasteiger partial charge in [-0.15, -0.1) is 0 Å². The minimum absolute atomic E-state index is 0.130.